The summed E-state index contributed by atoms with van der Waals surface area (Å²) in [5.74, 6) is 0. The molecule has 5 atom stereocenters. The maximum Gasteiger partial charge on any atom is 0.286 e. The number of nitrogens with zero attached hydrogens (tertiary/aromatic N) is 1. The summed E-state index contributed by atoms with van der Waals surface area (Å²) in [6, 6.07) is -0.498. The van der Waals surface area contributed by atoms with E-state index in [0.717, 1.165) is 11.8 Å². The molecule has 7 heteroatoms. The van der Waals surface area contributed by atoms with Gasteiger partial charge in [-0.3, -0.25) is 0 Å². The number of ether oxygens (including phenoxy) is 1. The Balaban J connectivity index is 2.12. The Labute approximate surface area is 90.1 Å². The summed E-state index contributed by atoms with van der Waals surface area (Å²) < 4.78 is 31.4. The van der Waals surface area contributed by atoms with Crippen LogP contribution in [-0.4, -0.2) is 53.9 Å². The van der Waals surface area contributed by atoms with Crippen molar-refractivity contribution in [1.82, 2.24) is 5.32 Å². The van der Waals surface area contributed by atoms with E-state index in [1.54, 1.807) is 7.05 Å². The molecule has 2 N–H and O–H groups in total. The van der Waals surface area contributed by atoms with E-state index in [-0.39, 0.29) is 6.02 Å². The number of rotatable bonds is 1. The highest BCUT2D eigenvalue weighted by Gasteiger charge is 2.49. The Morgan fingerprint density at radius 3 is 3.00 bits per heavy atom. The van der Waals surface area contributed by atoms with Gasteiger partial charge in [-0.25, -0.2) is 13.8 Å². The predicted molar refractivity (Wildman–Crippen MR) is 53.4 cm³/mol. The number of aliphatic imine (C=N–C) groups is 1. The second-order valence-electron chi connectivity index (χ2n) is 3.42. The van der Waals surface area contributed by atoms with Crippen LogP contribution >= 0.6 is 11.8 Å². The average Bonchev–Trinajstić information content (AvgIpc) is 2.66. The van der Waals surface area contributed by atoms with Crippen LogP contribution in [0.4, 0.5) is 8.78 Å². The van der Waals surface area contributed by atoms with E-state index in [4.69, 9.17) is 4.74 Å². The highest BCUT2D eigenvalue weighted by Crippen LogP contribution is 2.39. The quantitative estimate of drug-likeness (QED) is 0.679. The second kappa shape index (κ2) is 4.13. The van der Waals surface area contributed by atoms with Crippen molar-refractivity contribution >= 4 is 17.8 Å². The lowest BCUT2D eigenvalue weighted by atomic mass is 10.0. The fourth-order valence-corrected chi connectivity index (χ4v) is 2.89. The monoisotopic (exact) mass is 238 g/mol. The van der Waals surface area contributed by atoms with Crippen LogP contribution in [0, 0.1) is 0 Å². The maximum absolute atomic E-state index is 13.6. The van der Waals surface area contributed by atoms with Gasteiger partial charge in [0.1, 0.15) is 18.8 Å². The summed E-state index contributed by atoms with van der Waals surface area (Å²) in [7, 11) is 1.61. The molecule has 86 valence electrons. The Morgan fingerprint density at radius 2 is 2.40 bits per heavy atom. The van der Waals surface area contributed by atoms with Crippen LogP contribution in [0.25, 0.3) is 0 Å². The van der Waals surface area contributed by atoms with Gasteiger partial charge in [-0.1, -0.05) is 0 Å². The normalized spacial score (nSPS) is 44.3. The molecule has 4 nitrogen and oxygen atoms in total. The molecule has 0 bridgehead atoms. The smallest absolute Gasteiger partial charge is 0.286 e. The van der Waals surface area contributed by atoms with Gasteiger partial charge < -0.3 is 15.2 Å². The van der Waals surface area contributed by atoms with Crippen molar-refractivity contribution in [1.29, 1.82) is 0 Å². The van der Waals surface area contributed by atoms with E-state index in [0.29, 0.717) is 0 Å². The average molecular weight is 238 g/mol. The summed E-state index contributed by atoms with van der Waals surface area (Å²) >= 11 is 1.09. The molecule has 0 aromatic heterocycles. The molecule has 1 saturated heterocycles. The fraction of sp³-hybridized carbons (Fsp3) is 0.875. The Bertz CT molecular complexity index is 279. The van der Waals surface area contributed by atoms with E-state index < -0.39 is 35.7 Å². The minimum atomic E-state index is -1.57. The number of aliphatic hydroxyl groups is 1. The first-order valence-electron chi connectivity index (χ1n) is 4.63. The van der Waals surface area contributed by atoms with Crippen LogP contribution in [0.1, 0.15) is 0 Å². The molecule has 2 aliphatic rings. The number of hydrogen-bond acceptors (Lipinski definition) is 5. The third-order valence-corrected chi connectivity index (χ3v) is 3.88. The zero-order valence-electron chi connectivity index (χ0n) is 8.06. The van der Waals surface area contributed by atoms with Gasteiger partial charge in [0.2, 0.25) is 0 Å². The van der Waals surface area contributed by atoms with Gasteiger partial charge >= 0.3 is 0 Å². The molecule has 0 aliphatic carbocycles. The van der Waals surface area contributed by atoms with E-state index in [2.05, 4.69) is 10.3 Å². The summed E-state index contributed by atoms with van der Waals surface area (Å²) in [5, 5.41) is 11.4. The molecule has 2 aliphatic heterocycles. The first kappa shape index (κ1) is 10.9. The molecular weight excluding hydrogens is 226 g/mol. The zero-order chi connectivity index (χ0) is 11.0. The standard InChI is InChI=1S/C8H12F2N2O2S/c1-11-8-12-5-4(10)6(13)3(2-9)15-7(5)14-8/h3-7,13H,2H2,1H3,(H,11,12)/t3-,4-,5-,6-,7+/m1/s1. The van der Waals surface area contributed by atoms with E-state index in [1.807, 2.05) is 0 Å². The molecular formula is C8H12F2N2O2S. The van der Waals surface area contributed by atoms with Crippen molar-refractivity contribution in [3.05, 3.63) is 0 Å². The van der Waals surface area contributed by atoms with Gasteiger partial charge in [-0.05, 0) is 0 Å². The molecule has 2 heterocycles. The van der Waals surface area contributed by atoms with Gasteiger partial charge in [-0.15, -0.1) is 11.8 Å². The Morgan fingerprint density at radius 1 is 1.67 bits per heavy atom. The third kappa shape index (κ3) is 1.78. The van der Waals surface area contributed by atoms with E-state index in [1.165, 1.54) is 0 Å². The molecule has 0 unspecified atom stereocenters. The number of thioether (sulfide) groups is 1. The molecule has 0 saturated carbocycles. The lowest BCUT2D eigenvalue weighted by molar-refractivity contribution is 0.0364. The molecule has 0 radical (unpaired) electrons. The second-order valence-corrected chi connectivity index (χ2v) is 4.77. The minimum absolute atomic E-state index is 0.242. The SMILES string of the molecule is CNC1=N[C@@H]2[C@@H](F)[C@H](O)[C@@H](CF)S[C@@H]2O1. The molecule has 0 spiro atoms. The van der Waals surface area contributed by atoms with Crippen LogP contribution in [-0.2, 0) is 4.74 Å². The topological polar surface area (TPSA) is 53.9 Å². The van der Waals surface area contributed by atoms with Gasteiger partial charge in [-0.2, -0.15) is 0 Å². The van der Waals surface area contributed by atoms with Crippen molar-refractivity contribution < 1.29 is 18.6 Å². The number of amidine groups is 1. The summed E-state index contributed by atoms with van der Waals surface area (Å²) in [6.45, 7) is -0.770. The number of nitrogens with one attached hydrogen (secondary N) is 1. The third-order valence-electron chi connectivity index (χ3n) is 2.48. The number of alkyl halides is 2. The number of hydrogen-bond donors (Lipinski definition) is 2. The molecule has 0 aromatic rings. The Kier molecular flexibility index (Phi) is 3.01. The van der Waals surface area contributed by atoms with Crippen LogP contribution in [0.2, 0.25) is 0 Å². The summed E-state index contributed by atoms with van der Waals surface area (Å²) in [5.41, 5.74) is -0.536. The molecule has 0 amide bonds. The number of halogens is 2. The maximum atomic E-state index is 13.6. The minimum Gasteiger partial charge on any atom is -0.448 e. The van der Waals surface area contributed by atoms with Crippen LogP contribution in [0.5, 0.6) is 0 Å². The highest BCUT2D eigenvalue weighted by atomic mass is 32.2. The van der Waals surface area contributed by atoms with Gasteiger partial charge in [0.05, 0.1) is 5.25 Å². The predicted octanol–water partition coefficient (Wildman–Crippen LogP) is 0.0706. The number of fused-ring (bicyclic) bond motifs is 1. The van der Waals surface area contributed by atoms with Gasteiger partial charge in [0.15, 0.2) is 11.6 Å². The van der Waals surface area contributed by atoms with Crippen LogP contribution < -0.4 is 5.32 Å². The van der Waals surface area contributed by atoms with Crippen molar-refractivity contribution in [2.45, 2.75) is 29.0 Å². The molecule has 1 fully saturated rings. The summed E-state index contributed by atoms with van der Waals surface area (Å²) in [6.07, 6.45) is -2.88. The lowest BCUT2D eigenvalue weighted by Crippen LogP contribution is -2.49. The summed E-state index contributed by atoms with van der Waals surface area (Å²) in [4.78, 5) is 3.93. The first-order valence-corrected chi connectivity index (χ1v) is 5.57. The highest BCUT2D eigenvalue weighted by molar-refractivity contribution is 8.00. The zero-order valence-corrected chi connectivity index (χ0v) is 8.88. The van der Waals surface area contributed by atoms with Crippen molar-refractivity contribution in [2.75, 3.05) is 13.7 Å². The lowest BCUT2D eigenvalue weighted by Gasteiger charge is -2.34. The van der Waals surface area contributed by atoms with Crippen molar-refractivity contribution in [3.8, 4) is 0 Å². The molecule has 2 rings (SSSR count). The van der Waals surface area contributed by atoms with Crippen LogP contribution in [0.3, 0.4) is 0 Å². The first-order chi connectivity index (χ1) is 7.17. The molecule has 15 heavy (non-hydrogen) atoms. The van der Waals surface area contributed by atoms with Gasteiger partial charge in [0, 0.05) is 7.05 Å². The fourth-order valence-electron chi connectivity index (χ4n) is 1.65. The van der Waals surface area contributed by atoms with Crippen LogP contribution in [0.15, 0.2) is 4.99 Å². The largest absolute Gasteiger partial charge is 0.448 e. The van der Waals surface area contributed by atoms with Crippen molar-refractivity contribution in [3.63, 3.8) is 0 Å². The number of aliphatic hydroxyl groups excluding tert-OH is 1. The van der Waals surface area contributed by atoms with Crippen molar-refractivity contribution in [2.24, 2.45) is 4.99 Å². The Hall–Kier alpha value is -0.560. The van der Waals surface area contributed by atoms with Gasteiger partial charge in [0.25, 0.3) is 6.02 Å². The van der Waals surface area contributed by atoms with E-state index >= 15 is 0 Å². The van der Waals surface area contributed by atoms with E-state index in [9.17, 15) is 13.9 Å². The molecule has 0 aromatic carbocycles.